The molecule has 0 unspecified atom stereocenters. The van der Waals surface area contributed by atoms with Crippen LogP contribution in [0.25, 0.3) is 6.08 Å². The maximum absolute atomic E-state index is 12.2. The van der Waals surface area contributed by atoms with Gasteiger partial charge in [-0.15, -0.1) is 11.8 Å². The molecule has 1 aromatic rings. The highest BCUT2D eigenvalue weighted by molar-refractivity contribution is 8.00. The average molecular weight is 228 g/mol. The van der Waals surface area contributed by atoms with Crippen molar-refractivity contribution in [1.29, 1.82) is 0 Å². The molecule has 0 atom stereocenters. The predicted molar refractivity (Wildman–Crippen MR) is 62.2 cm³/mol. The molecule has 0 aromatic heterocycles. The van der Waals surface area contributed by atoms with E-state index in [4.69, 9.17) is 0 Å². The summed E-state index contributed by atoms with van der Waals surface area (Å²) in [4.78, 5) is 0.887. The Hall–Kier alpha value is -0.830. The van der Waals surface area contributed by atoms with Crippen molar-refractivity contribution in [1.82, 2.24) is 0 Å². The zero-order valence-corrected chi connectivity index (χ0v) is 9.87. The number of benzene rings is 1. The molecule has 0 bridgehead atoms. The summed E-state index contributed by atoms with van der Waals surface area (Å²) in [5.41, 5.74) is 0.581. The molecule has 0 heterocycles. The van der Waals surface area contributed by atoms with E-state index in [1.54, 1.807) is 23.9 Å². The van der Waals surface area contributed by atoms with Gasteiger partial charge in [-0.2, -0.15) is 8.78 Å². The third-order valence-electron chi connectivity index (χ3n) is 1.60. The smallest absolute Gasteiger partial charge is 0.173 e. The van der Waals surface area contributed by atoms with Gasteiger partial charge in [-0.3, -0.25) is 0 Å². The maximum Gasteiger partial charge on any atom is 0.270 e. The Morgan fingerprint density at radius 1 is 1.20 bits per heavy atom. The molecule has 15 heavy (non-hydrogen) atoms. The lowest BCUT2D eigenvalue weighted by Gasteiger charge is -2.18. The van der Waals surface area contributed by atoms with Gasteiger partial charge in [-0.25, -0.2) is 0 Å². The summed E-state index contributed by atoms with van der Waals surface area (Å²) >= 11 is 1.59. The monoisotopic (exact) mass is 228 g/mol. The molecule has 0 saturated heterocycles. The predicted octanol–water partition coefficient (Wildman–Crippen LogP) is 4.81. The molecule has 82 valence electrons. The van der Waals surface area contributed by atoms with E-state index in [-0.39, 0.29) is 4.75 Å². The summed E-state index contributed by atoms with van der Waals surface area (Å²) < 4.78 is 24.4. The molecule has 1 aromatic carbocycles. The lowest BCUT2D eigenvalue weighted by molar-refractivity contribution is 0.429. The molecule has 0 amide bonds. The number of hydrogen-bond acceptors (Lipinski definition) is 1. The van der Waals surface area contributed by atoms with Crippen LogP contribution in [0.5, 0.6) is 0 Å². The van der Waals surface area contributed by atoms with Crippen molar-refractivity contribution in [2.24, 2.45) is 0 Å². The summed E-state index contributed by atoms with van der Waals surface area (Å²) in [7, 11) is 0. The first-order valence-electron chi connectivity index (χ1n) is 4.69. The Morgan fingerprint density at radius 3 is 2.33 bits per heavy atom. The van der Waals surface area contributed by atoms with Crippen LogP contribution in [0.4, 0.5) is 8.78 Å². The van der Waals surface area contributed by atoms with Crippen molar-refractivity contribution < 1.29 is 8.78 Å². The van der Waals surface area contributed by atoms with E-state index < -0.39 is 6.08 Å². The van der Waals surface area contributed by atoms with Crippen LogP contribution in [0.1, 0.15) is 26.3 Å². The Kier molecular flexibility index (Phi) is 3.91. The summed E-state index contributed by atoms with van der Waals surface area (Å²) in [6.45, 7) is 6.18. The number of halogens is 2. The van der Waals surface area contributed by atoms with Crippen molar-refractivity contribution in [3.63, 3.8) is 0 Å². The van der Waals surface area contributed by atoms with Crippen molar-refractivity contribution >= 4 is 17.8 Å². The molecule has 0 saturated carbocycles. The average Bonchev–Trinajstić information content (AvgIpc) is 2.05. The number of thioether (sulfide) groups is 1. The second-order valence-electron chi connectivity index (χ2n) is 4.19. The zero-order chi connectivity index (χ0) is 11.5. The summed E-state index contributed by atoms with van der Waals surface area (Å²) in [5.74, 6) is 0. The highest BCUT2D eigenvalue weighted by Crippen LogP contribution is 2.34. The van der Waals surface area contributed by atoms with E-state index in [0.717, 1.165) is 11.0 Å². The van der Waals surface area contributed by atoms with Gasteiger partial charge in [0.25, 0.3) is 6.08 Å². The second-order valence-corrected chi connectivity index (χ2v) is 6.05. The molecule has 0 spiro atoms. The van der Waals surface area contributed by atoms with Crippen molar-refractivity contribution in [3.8, 4) is 0 Å². The van der Waals surface area contributed by atoms with Gasteiger partial charge in [0.2, 0.25) is 0 Å². The summed E-state index contributed by atoms with van der Waals surface area (Å²) in [6.07, 6.45) is -0.745. The molecule has 0 N–H and O–H groups in total. The minimum atomic E-state index is -1.66. The van der Waals surface area contributed by atoms with Gasteiger partial charge in [-0.1, -0.05) is 39.0 Å². The number of rotatable bonds is 2. The highest BCUT2D eigenvalue weighted by Gasteiger charge is 2.13. The molecule has 0 aliphatic carbocycles. The van der Waals surface area contributed by atoms with E-state index in [2.05, 4.69) is 20.8 Å². The minimum Gasteiger partial charge on any atom is -0.173 e. The molecule has 3 heteroatoms. The van der Waals surface area contributed by atoms with Crippen LogP contribution in [0.15, 0.2) is 35.2 Å². The zero-order valence-electron chi connectivity index (χ0n) is 9.05. The Morgan fingerprint density at radius 2 is 1.80 bits per heavy atom. The topological polar surface area (TPSA) is 0 Å². The minimum absolute atomic E-state index is 0.0245. The van der Waals surface area contributed by atoms with Crippen LogP contribution in [-0.2, 0) is 0 Å². The van der Waals surface area contributed by atoms with Crippen molar-refractivity contribution in [3.05, 3.63) is 35.9 Å². The SMILES string of the molecule is CC(C)(C)Sc1ccccc1C=C(F)F. The Bertz CT molecular complexity index is 360. The Labute approximate surface area is 93.4 Å². The van der Waals surface area contributed by atoms with E-state index in [1.807, 2.05) is 12.1 Å². The van der Waals surface area contributed by atoms with Crippen LogP contribution < -0.4 is 0 Å². The third kappa shape index (κ3) is 4.47. The first-order chi connectivity index (χ1) is 6.88. The van der Waals surface area contributed by atoms with Gasteiger partial charge in [0, 0.05) is 15.7 Å². The van der Waals surface area contributed by atoms with E-state index in [9.17, 15) is 8.78 Å². The third-order valence-corrected chi connectivity index (χ3v) is 2.80. The first-order valence-corrected chi connectivity index (χ1v) is 5.51. The fourth-order valence-corrected chi connectivity index (χ4v) is 2.19. The number of hydrogen-bond donors (Lipinski definition) is 0. The molecule has 0 nitrogen and oxygen atoms in total. The fourth-order valence-electron chi connectivity index (χ4n) is 1.14. The summed E-state index contributed by atoms with van der Waals surface area (Å²) in [5, 5.41) is 0. The normalized spacial score (nSPS) is 11.3. The molecule has 1 rings (SSSR count). The van der Waals surface area contributed by atoms with Gasteiger partial charge in [0.1, 0.15) is 0 Å². The van der Waals surface area contributed by atoms with Crippen LogP contribution in [0.3, 0.4) is 0 Å². The van der Waals surface area contributed by atoms with E-state index in [0.29, 0.717) is 5.56 Å². The molecule has 0 radical (unpaired) electrons. The molecule has 0 aliphatic heterocycles. The first kappa shape index (κ1) is 12.2. The van der Waals surface area contributed by atoms with Gasteiger partial charge in [0.15, 0.2) is 0 Å². The van der Waals surface area contributed by atoms with E-state index in [1.165, 1.54) is 0 Å². The van der Waals surface area contributed by atoms with Gasteiger partial charge in [0.05, 0.1) is 0 Å². The maximum atomic E-state index is 12.2. The van der Waals surface area contributed by atoms with Crippen LogP contribution >= 0.6 is 11.8 Å². The van der Waals surface area contributed by atoms with Gasteiger partial charge in [-0.05, 0) is 11.6 Å². The largest absolute Gasteiger partial charge is 0.270 e. The lowest BCUT2D eigenvalue weighted by Crippen LogP contribution is -2.06. The van der Waals surface area contributed by atoms with Crippen molar-refractivity contribution in [2.45, 2.75) is 30.4 Å². The standard InChI is InChI=1S/C12H14F2S/c1-12(2,3)15-10-7-5-4-6-9(10)8-11(13)14/h4-8H,1-3H3. The molecular formula is C12H14F2S. The van der Waals surface area contributed by atoms with Gasteiger partial charge < -0.3 is 0 Å². The Balaban J connectivity index is 3.02. The second kappa shape index (κ2) is 4.79. The van der Waals surface area contributed by atoms with Crippen molar-refractivity contribution in [2.75, 3.05) is 0 Å². The summed E-state index contributed by atoms with van der Waals surface area (Å²) in [6, 6.07) is 7.20. The van der Waals surface area contributed by atoms with Crippen LogP contribution in [0, 0.1) is 0 Å². The fraction of sp³-hybridized carbons (Fsp3) is 0.333. The molecular weight excluding hydrogens is 214 g/mol. The molecule has 0 fully saturated rings. The highest BCUT2D eigenvalue weighted by atomic mass is 32.2. The quantitative estimate of drug-likeness (QED) is 0.654. The van der Waals surface area contributed by atoms with Crippen LogP contribution in [0.2, 0.25) is 0 Å². The van der Waals surface area contributed by atoms with Crippen LogP contribution in [-0.4, -0.2) is 4.75 Å². The molecule has 0 aliphatic rings. The van der Waals surface area contributed by atoms with E-state index >= 15 is 0 Å². The lowest BCUT2D eigenvalue weighted by atomic mass is 10.2. The van der Waals surface area contributed by atoms with Gasteiger partial charge >= 0.3 is 0 Å².